The van der Waals surface area contributed by atoms with E-state index in [2.05, 4.69) is 15.5 Å². The lowest BCUT2D eigenvalue weighted by atomic mass is 10.1. The number of sulfonamides is 1. The molecular weight excluding hydrogens is 364 g/mol. The van der Waals surface area contributed by atoms with Gasteiger partial charge in [-0.2, -0.15) is 0 Å². The molecule has 0 spiro atoms. The SMILES string of the molecule is NS(=O)(=O)c1ccc(CCC(=O)Nc2nnc(-c3ccco3)s2)cc1. The molecule has 10 heteroatoms. The number of nitrogens with one attached hydrogen (secondary N) is 1. The average Bonchev–Trinajstić information content (AvgIpc) is 3.23. The van der Waals surface area contributed by atoms with Gasteiger partial charge in [0.25, 0.3) is 0 Å². The molecule has 0 saturated heterocycles. The predicted octanol–water partition coefficient (Wildman–Crippen LogP) is 2.02. The van der Waals surface area contributed by atoms with Crippen molar-refractivity contribution in [2.24, 2.45) is 5.14 Å². The summed E-state index contributed by atoms with van der Waals surface area (Å²) < 4.78 is 27.6. The van der Waals surface area contributed by atoms with Crippen molar-refractivity contribution in [3.8, 4) is 10.8 Å². The van der Waals surface area contributed by atoms with Gasteiger partial charge < -0.3 is 9.73 Å². The van der Waals surface area contributed by atoms with Crippen molar-refractivity contribution in [2.75, 3.05) is 5.32 Å². The molecule has 1 amide bonds. The molecule has 3 aromatic rings. The van der Waals surface area contributed by atoms with Crippen LogP contribution in [-0.2, 0) is 21.2 Å². The number of aryl methyl sites for hydroxylation is 1. The molecule has 0 aliphatic carbocycles. The number of furan rings is 1. The molecule has 0 atom stereocenters. The Labute approximate surface area is 147 Å². The van der Waals surface area contributed by atoms with Crippen LogP contribution in [0.4, 0.5) is 5.13 Å². The molecule has 0 radical (unpaired) electrons. The number of carbonyl (C=O) groups excluding carboxylic acids is 1. The molecule has 2 aromatic heterocycles. The molecule has 25 heavy (non-hydrogen) atoms. The Bertz CT molecular complexity index is 963. The fourth-order valence-corrected chi connectivity index (χ4v) is 3.30. The van der Waals surface area contributed by atoms with Gasteiger partial charge in [-0.05, 0) is 36.2 Å². The second kappa shape index (κ2) is 7.13. The molecule has 130 valence electrons. The number of nitrogens with zero attached hydrogens (tertiary/aromatic N) is 2. The molecule has 3 N–H and O–H groups in total. The van der Waals surface area contributed by atoms with Crippen molar-refractivity contribution in [2.45, 2.75) is 17.7 Å². The van der Waals surface area contributed by atoms with E-state index < -0.39 is 10.0 Å². The molecule has 0 unspecified atom stereocenters. The van der Waals surface area contributed by atoms with Gasteiger partial charge in [-0.3, -0.25) is 4.79 Å². The van der Waals surface area contributed by atoms with Crippen molar-refractivity contribution in [3.63, 3.8) is 0 Å². The molecule has 0 bridgehead atoms. The molecule has 0 saturated carbocycles. The van der Waals surface area contributed by atoms with Gasteiger partial charge in [-0.15, -0.1) is 10.2 Å². The Morgan fingerprint density at radius 2 is 1.96 bits per heavy atom. The predicted molar refractivity (Wildman–Crippen MR) is 92.4 cm³/mol. The van der Waals surface area contributed by atoms with Crippen LogP contribution >= 0.6 is 11.3 Å². The zero-order valence-electron chi connectivity index (χ0n) is 12.9. The number of carbonyl (C=O) groups is 1. The fraction of sp³-hybridized carbons (Fsp3) is 0.133. The van der Waals surface area contributed by atoms with Crippen molar-refractivity contribution < 1.29 is 17.6 Å². The number of hydrogen-bond acceptors (Lipinski definition) is 7. The van der Waals surface area contributed by atoms with Crippen molar-refractivity contribution in [1.82, 2.24) is 10.2 Å². The monoisotopic (exact) mass is 378 g/mol. The van der Waals surface area contributed by atoms with Crippen LogP contribution < -0.4 is 10.5 Å². The minimum absolute atomic E-state index is 0.0417. The summed E-state index contributed by atoms with van der Waals surface area (Å²) in [6.07, 6.45) is 2.22. The molecule has 1 aromatic carbocycles. The number of rotatable bonds is 6. The number of amides is 1. The van der Waals surface area contributed by atoms with E-state index in [1.807, 2.05) is 0 Å². The molecule has 3 rings (SSSR count). The highest BCUT2D eigenvalue weighted by molar-refractivity contribution is 7.89. The maximum atomic E-state index is 12.0. The van der Waals surface area contributed by atoms with Gasteiger partial charge in [0.15, 0.2) is 10.8 Å². The third-order valence-electron chi connectivity index (χ3n) is 3.30. The van der Waals surface area contributed by atoms with Crippen LogP contribution in [0.25, 0.3) is 10.8 Å². The van der Waals surface area contributed by atoms with Crippen molar-refractivity contribution in [1.29, 1.82) is 0 Å². The van der Waals surface area contributed by atoms with Crippen LogP contribution in [0.5, 0.6) is 0 Å². The van der Waals surface area contributed by atoms with Crippen LogP contribution in [0.1, 0.15) is 12.0 Å². The highest BCUT2D eigenvalue weighted by Gasteiger charge is 2.12. The van der Waals surface area contributed by atoms with Gasteiger partial charge in [0, 0.05) is 6.42 Å². The van der Waals surface area contributed by atoms with Crippen LogP contribution in [0.2, 0.25) is 0 Å². The Balaban J connectivity index is 1.55. The quantitative estimate of drug-likeness (QED) is 0.675. The summed E-state index contributed by atoms with van der Waals surface area (Å²) in [4.78, 5) is 12.0. The van der Waals surface area contributed by atoms with E-state index in [0.717, 1.165) is 5.56 Å². The number of hydrogen-bond donors (Lipinski definition) is 2. The standard InChI is InChI=1S/C15H14N4O4S2/c16-25(21,22)11-6-3-10(4-7-11)5-8-13(20)17-15-19-18-14(24-15)12-2-1-9-23-12/h1-4,6-7,9H,5,8H2,(H2,16,21,22)(H,17,19,20). The maximum absolute atomic E-state index is 12.0. The summed E-state index contributed by atoms with van der Waals surface area (Å²) in [6.45, 7) is 0. The zero-order valence-corrected chi connectivity index (χ0v) is 14.5. The Morgan fingerprint density at radius 1 is 1.20 bits per heavy atom. The minimum atomic E-state index is -3.71. The molecule has 0 aliphatic heterocycles. The van der Waals surface area contributed by atoms with E-state index in [0.29, 0.717) is 22.3 Å². The van der Waals surface area contributed by atoms with E-state index in [-0.39, 0.29) is 17.2 Å². The number of nitrogens with two attached hydrogens (primary N) is 1. The molecule has 8 nitrogen and oxygen atoms in total. The third kappa shape index (κ3) is 4.50. The number of aromatic nitrogens is 2. The summed E-state index contributed by atoms with van der Waals surface area (Å²) in [5.74, 6) is 0.380. The van der Waals surface area contributed by atoms with E-state index >= 15 is 0 Å². The van der Waals surface area contributed by atoms with Gasteiger partial charge in [-0.1, -0.05) is 23.5 Å². The molecule has 0 fully saturated rings. The largest absolute Gasteiger partial charge is 0.462 e. The van der Waals surface area contributed by atoms with E-state index in [1.165, 1.54) is 29.7 Å². The lowest BCUT2D eigenvalue weighted by Gasteiger charge is -2.03. The van der Waals surface area contributed by atoms with E-state index in [1.54, 1.807) is 24.3 Å². The first-order valence-corrected chi connectivity index (χ1v) is 9.57. The minimum Gasteiger partial charge on any atom is -0.462 e. The fourth-order valence-electron chi connectivity index (χ4n) is 2.06. The first kappa shape index (κ1) is 17.3. The number of benzene rings is 1. The van der Waals surface area contributed by atoms with Gasteiger partial charge in [0.2, 0.25) is 21.1 Å². The Hall–Kier alpha value is -2.56. The normalized spacial score (nSPS) is 11.4. The molecule has 0 aliphatic rings. The summed E-state index contributed by atoms with van der Waals surface area (Å²) in [7, 11) is -3.71. The topological polar surface area (TPSA) is 128 Å². The van der Waals surface area contributed by atoms with Crippen LogP contribution in [0.3, 0.4) is 0 Å². The van der Waals surface area contributed by atoms with Crippen LogP contribution in [0.15, 0.2) is 52.0 Å². The van der Waals surface area contributed by atoms with Crippen molar-refractivity contribution in [3.05, 3.63) is 48.2 Å². The molecule has 2 heterocycles. The highest BCUT2D eigenvalue weighted by Crippen LogP contribution is 2.26. The Morgan fingerprint density at radius 3 is 2.60 bits per heavy atom. The highest BCUT2D eigenvalue weighted by atomic mass is 32.2. The summed E-state index contributed by atoms with van der Waals surface area (Å²) in [5, 5.41) is 16.5. The second-order valence-corrected chi connectivity index (χ2v) is 7.67. The summed E-state index contributed by atoms with van der Waals surface area (Å²) in [5.41, 5.74) is 0.830. The van der Waals surface area contributed by atoms with E-state index in [4.69, 9.17) is 9.56 Å². The number of anilines is 1. The lowest BCUT2D eigenvalue weighted by Crippen LogP contribution is -2.13. The van der Waals surface area contributed by atoms with Crippen LogP contribution in [0, 0.1) is 0 Å². The first-order chi connectivity index (χ1) is 11.9. The van der Waals surface area contributed by atoms with E-state index in [9.17, 15) is 13.2 Å². The van der Waals surface area contributed by atoms with Crippen molar-refractivity contribution >= 4 is 32.4 Å². The van der Waals surface area contributed by atoms with Gasteiger partial charge in [0.1, 0.15) is 0 Å². The van der Waals surface area contributed by atoms with Gasteiger partial charge in [-0.25, -0.2) is 13.6 Å². The Kier molecular flexibility index (Phi) is 4.93. The zero-order chi connectivity index (χ0) is 17.9. The first-order valence-electron chi connectivity index (χ1n) is 7.21. The summed E-state index contributed by atoms with van der Waals surface area (Å²) in [6, 6.07) is 9.61. The number of primary sulfonamides is 1. The smallest absolute Gasteiger partial charge is 0.238 e. The van der Waals surface area contributed by atoms with Gasteiger partial charge >= 0.3 is 0 Å². The average molecular weight is 378 g/mol. The van der Waals surface area contributed by atoms with Gasteiger partial charge in [0.05, 0.1) is 11.2 Å². The third-order valence-corrected chi connectivity index (χ3v) is 5.08. The molecular formula is C15H14N4O4S2. The summed E-state index contributed by atoms with van der Waals surface area (Å²) >= 11 is 1.22. The lowest BCUT2D eigenvalue weighted by molar-refractivity contribution is -0.116. The maximum Gasteiger partial charge on any atom is 0.238 e. The van der Waals surface area contributed by atoms with Crippen LogP contribution in [-0.4, -0.2) is 24.5 Å². The second-order valence-electron chi connectivity index (χ2n) is 5.13.